The van der Waals surface area contributed by atoms with E-state index in [2.05, 4.69) is 4.98 Å². The van der Waals surface area contributed by atoms with E-state index in [9.17, 15) is 14.3 Å². The van der Waals surface area contributed by atoms with Crippen LogP contribution in [0.5, 0.6) is 0 Å². The van der Waals surface area contributed by atoms with Crippen molar-refractivity contribution in [2.45, 2.75) is 24.6 Å². The molecule has 9 heteroatoms. The first-order valence-corrected chi connectivity index (χ1v) is 6.16. The summed E-state index contributed by atoms with van der Waals surface area (Å²) in [5.41, 5.74) is 4.68. The van der Waals surface area contributed by atoms with Crippen LogP contribution in [0.4, 0.5) is 10.2 Å². The fourth-order valence-electron chi connectivity index (χ4n) is 1.72. The average molecular weight is 371 g/mol. The van der Waals surface area contributed by atoms with Crippen molar-refractivity contribution in [3.63, 3.8) is 0 Å². The van der Waals surface area contributed by atoms with E-state index in [-0.39, 0.29) is 5.82 Å². The Morgan fingerprint density at radius 1 is 1.67 bits per heavy atom. The first kappa shape index (κ1) is 13.6. The van der Waals surface area contributed by atoms with Crippen molar-refractivity contribution in [1.29, 1.82) is 0 Å². The average Bonchev–Trinajstić information content (AvgIpc) is 2.61. The van der Waals surface area contributed by atoms with Gasteiger partial charge in [0.25, 0.3) is 0 Å². The molecular weight excluding hydrogens is 360 g/mol. The Kier molecular flexibility index (Phi) is 3.84. The van der Waals surface area contributed by atoms with Crippen LogP contribution in [0.3, 0.4) is 0 Å². The number of hydrogen-bond donors (Lipinski definition) is 3. The maximum Gasteiger partial charge on any atom is 0.351 e. The lowest BCUT2D eigenvalue weighted by Crippen LogP contribution is -2.34. The number of nitrogen functional groups attached to an aromatic ring is 1. The summed E-state index contributed by atoms with van der Waals surface area (Å²) in [5, 5.41) is 18.4. The Labute approximate surface area is 115 Å². The number of ether oxygens (including phenoxy) is 1. The molecule has 7 nitrogen and oxygen atoms in total. The molecular formula is C9H11FIN3O4. The highest BCUT2D eigenvalue weighted by Crippen LogP contribution is 2.31. The highest BCUT2D eigenvalue weighted by atomic mass is 127. The van der Waals surface area contributed by atoms with Crippen LogP contribution in [0.2, 0.25) is 0 Å². The number of nitrogens with zero attached hydrogens (tertiary/aromatic N) is 2. The predicted molar refractivity (Wildman–Crippen MR) is 67.5 cm³/mol. The van der Waals surface area contributed by atoms with Gasteiger partial charge in [-0.3, -0.25) is 4.57 Å². The first-order valence-electron chi connectivity index (χ1n) is 5.08. The maximum atomic E-state index is 13.8. The molecule has 4 atom stereocenters. The molecule has 1 saturated heterocycles. The fraction of sp³-hybridized carbons (Fsp3) is 0.556. The molecule has 0 saturated carbocycles. The molecule has 18 heavy (non-hydrogen) atoms. The van der Waals surface area contributed by atoms with Gasteiger partial charge in [-0.2, -0.15) is 4.98 Å². The lowest BCUT2D eigenvalue weighted by Gasteiger charge is -2.16. The lowest BCUT2D eigenvalue weighted by atomic mass is 10.1. The van der Waals surface area contributed by atoms with Crippen LogP contribution in [0.15, 0.2) is 11.0 Å². The molecule has 2 heterocycles. The molecule has 0 amide bonds. The van der Waals surface area contributed by atoms with Crippen LogP contribution < -0.4 is 11.4 Å². The summed E-state index contributed by atoms with van der Waals surface area (Å²) in [4.78, 5) is 15.1. The van der Waals surface area contributed by atoms with Gasteiger partial charge in [0, 0.05) is 6.20 Å². The molecule has 0 bridgehead atoms. The number of halogens is 2. The zero-order chi connectivity index (χ0) is 13.4. The van der Waals surface area contributed by atoms with Crippen molar-refractivity contribution in [2.24, 2.45) is 0 Å². The minimum atomic E-state index is -1.82. The molecule has 0 aromatic carbocycles. The molecule has 4 N–H and O–H groups in total. The Morgan fingerprint density at radius 2 is 2.33 bits per heavy atom. The van der Waals surface area contributed by atoms with Gasteiger partial charge >= 0.3 is 5.69 Å². The van der Waals surface area contributed by atoms with Crippen molar-refractivity contribution in [3.8, 4) is 0 Å². The highest BCUT2D eigenvalue weighted by Gasteiger charge is 2.45. The highest BCUT2D eigenvalue weighted by molar-refractivity contribution is 14.1. The monoisotopic (exact) mass is 371 g/mol. The van der Waals surface area contributed by atoms with Gasteiger partial charge in [-0.15, -0.1) is 0 Å². The molecule has 2 rings (SSSR count). The number of nitrogens with two attached hydrogens (primary N) is 1. The van der Waals surface area contributed by atoms with Gasteiger partial charge in [0.05, 0.1) is 10.2 Å². The van der Waals surface area contributed by atoms with Gasteiger partial charge in [0.15, 0.2) is 12.4 Å². The van der Waals surface area contributed by atoms with Crippen LogP contribution in [0.25, 0.3) is 0 Å². The first-order chi connectivity index (χ1) is 8.45. The summed E-state index contributed by atoms with van der Waals surface area (Å²) in [5.74, 6) is 0.0458. The zero-order valence-electron chi connectivity index (χ0n) is 9.03. The molecule has 100 valence electrons. The summed E-state index contributed by atoms with van der Waals surface area (Å²) in [6.07, 6.45) is -4.38. The standard InChI is InChI=1S/C9H11FIN3O4/c10-5-6(16)4(2-15)18-8(5)14-1-3(11)7(12)13-9(14)17/h1,4-6,8,15-16H,2H2,(H2,12,13,17)/t4-,5-,6-,8-/m0/s1. The van der Waals surface area contributed by atoms with Crippen LogP contribution >= 0.6 is 22.6 Å². The third kappa shape index (κ3) is 2.22. The molecule has 1 aliphatic rings. The number of anilines is 1. The molecule has 0 radical (unpaired) electrons. The summed E-state index contributed by atoms with van der Waals surface area (Å²) in [6.45, 7) is -0.535. The van der Waals surface area contributed by atoms with Gasteiger partial charge in [0.1, 0.15) is 18.0 Å². The second kappa shape index (κ2) is 5.07. The molecule has 1 aromatic heterocycles. The summed E-state index contributed by atoms with van der Waals surface area (Å²) in [6, 6.07) is 0. The Bertz CT molecular complexity index is 511. The van der Waals surface area contributed by atoms with E-state index in [1.54, 1.807) is 0 Å². The van der Waals surface area contributed by atoms with Crippen molar-refractivity contribution in [3.05, 3.63) is 20.3 Å². The van der Waals surface area contributed by atoms with Gasteiger partial charge < -0.3 is 20.7 Å². The van der Waals surface area contributed by atoms with Gasteiger partial charge in [-0.1, -0.05) is 0 Å². The largest absolute Gasteiger partial charge is 0.394 e. The maximum absolute atomic E-state index is 13.8. The molecule has 1 aromatic rings. The molecule has 1 aliphatic heterocycles. The predicted octanol–water partition coefficient (Wildman–Crippen LogP) is -0.981. The van der Waals surface area contributed by atoms with Crippen molar-refractivity contribution in [1.82, 2.24) is 9.55 Å². The van der Waals surface area contributed by atoms with Crippen molar-refractivity contribution < 1.29 is 19.3 Å². The minimum Gasteiger partial charge on any atom is -0.394 e. The Morgan fingerprint density at radius 3 is 2.89 bits per heavy atom. The van der Waals surface area contributed by atoms with Crippen molar-refractivity contribution >= 4 is 28.4 Å². The zero-order valence-corrected chi connectivity index (χ0v) is 11.2. The lowest BCUT2D eigenvalue weighted by molar-refractivity contribution is -0.0491. The summed E-state index contributed by atoms with van der Waals surface area (Å²) >= 11 is 1.84. The third-order valence-electron chi connectivity index (χ3n) is 2.68. The third-order valence-corrected chi connectivity index (χ3v) is 3.51. The van der Waals surface area contributed by atoms with Crippen LogP contribution in [0, 0.1) is 3.57 Å². The number of aliphatic hydroxyl groups is 2. The van der Waals surface area contributed by atoms with E-state index < -0.39 is 36.9 Å². The van der Waals surface area contributed by atoms with E-state index >= 15 is 0 Å². The molecule has 0 aliphatic carbocycles. The van der Waals surface area contributed by atoms with Gasteiger partial charge in [0.2, 0.25) is 0 Å². The van der Waals surface area contributed by atoms with Crippen LogP contribution in [-0.2, 0) is 4.74 Å². The Balaban J connectivity index is 2.39. The number of rotatable bonds is 2. The van der Waals surface area contributed by atoms with Gasteiger partial charge in [-0.05, 0) is 22.6 Å². The minimum absolute atomic E-state index is 0.0458. The quantitative estimate of drug-likeness (QED) is 0.577. The fourth-order valence-corrected chi connectivity index (χ4v) is 2.14. The molecule has 1 fully saturated rings. The second-order valence-corrected chi connectivity index (χ2v) is 5.01. The van der Waals surface area contributed by atoms with Crippen molar-refractivity contribution in [2.75, 3.05) is 12.3 Å². The number of aromatic nitrogens is 2. The second-order valence-electron chi connectivity index (χ2n) is 3.85. The SMILES string of the molecule is Nc1nc(=O)n([C@H]2O[C@@H](CO)[C@H](O)[C@@H]2F)cc1I. The molecule has 0 spiro atoms. The van der Waals surface area contributed by atoms with E-state index in [4.69, 9.17) is 15.6 Å². The van der Waals surface area contributed by atoms with Crippen LogP contribution in [-0.4, -0.2) is 44.8 Å². The Hall–Kier alpha value is -0.780. The van der Waals surface area contributed by atoms with E-state index in [1.165, 1.54) is 6.20 Å². The molecule has 0 unspecified atom stereocenters. The number of alkyl halides is 1. The summed E-state index contributed by atoms with van der Waals surface area (Å²) in [7, 11) is 0. The van der Waals surface area contributed by atoms with Gasteiger partial charge in [-0.25, -0.2) is 9.18 Å². The topological polar surface area (TPSA) is 111 Å². The normalized spacial score (nSPS) is 31.8. The van der Waals surface area contributed by atoms with E-state index in [0.29, 0.717) is 3.57 Å². The number of aliphatic hydroxyl groups excluding tert-OH is 2. The van der Waals surface area contributed by atoms with E-state index in [1.807, 2.05) is 22.6 Å². The van der Waals surface area contributed by atoms with E-state index in [0.717, 1.165) is 4.57 Å². The smallest absolute Gasteiger partial charge is 0.351 e. The van der Waals surface area contributed by atoms with Crippen LogP contribution in [0.1, 0.15) is 6.23 Å². The summed E-state index contributed by atoms with van der Waals surface area (Å²) < 4.78 is 20.3. The number of hydrogen-bond acceptors (Lipinski definition) is 6.